The van der Waals surface area contributed by atoms with Gasteiger partial charge in [0.2, 0.25) is 0 Å². The van der Waals surface area contributed by atoms with Crippen molar-refractivity contribution >= 4 is 0 Å². The molecule has 20 heavy (non-hydrogen) atoms. The topological polar surface area (TPSA) is 0 Å². The van der Waals surface area contributed by atoms with Crippen molar-refractivity contribution in [1.29, 1.82) is 0 Å². The molecule has 1 aliphatic carbocycles. The molecule has 130 valence electrons. The van der Waals surface area contributed by atoms with E-state index in [4.69, 9.17) is 0 Å². The van der Waals surface area contributed by atoms with E-state index in [1.807, 2.05) is 27.7 Å². The highest BCUT2D eigenvalue weighted by molar-refractivity contribution is 4.76. The summed E-state index contributed by atoms with van der Waals surface area (Å²) in [4.78, 5) is 0. The van der Waals surface area contributed by atoms with E-state index in [1.54, 1.807) is 0 Å². The van der Waals surface area contributed by atoms with Gasteiger partial charge in [0, 0.05) is 0 Å². The van der Waals surface area contributed by atoms with E-state index < -0.39 is 0 Å². The van der Waals surface area contributed by atoms with Gasteiger partial charge in [-0.05, 0) is 18.3 Å². The van der Waals surface area contributed by atoms with Crippen LogP contribution in [0, 0.1) is 11.8 Å². The van der Waals surface area contributed by atoms with Gasteiger partial charge in [0.05, 0.1) is 0 Å². The Hall–Kier alpha value is 0. The van der Waals surface area contributed by atoms with Gasteiger partial charge in [0.15, 0.2) is 0 Å². The molecular formula is C20H50. The molecule has 0 N–H and O–H groups in total. The molecule has 0 aromatic carbocycles. The fourth-order valence-corrected chi connectivity index (χ4v) is 0.861. The molecule has 0 aromatic rings. The maximum absolute atomic E-state index is 2.30. The zero-order valence-electron chi connectivity index (χ0n) is 17.4. The summed E-state index contributed by atoms with van der Waals surface area (Å²) < 4.78 is 0. The van der Waals surface area contributed by atoms with Gasteiger partial charge in [0.1, 0.15) is 0 Å². The number of hydrogen-bond acceptors (Lipinski definition) is 0. The normalized spacial score (nSPS) is 16.8. The van der Waals surface area contributed by atoms with Gasteiger partial charge in [-0.15, -0.1) is 0 Å². The van der Waals surface area contributed by atoms with E-state index >= 15 is 0 Å². The Labute approximate surface area is 134 Å². The lowest BCUT2D eigenvalue weighted by atomic mass is 10.3. The summed E-state index contributed by atoms with van der Waals surface area (Å²) in [6.45, 7) is 25.5. The Kier molecular flexibility index (Phi) is 68.6. The summed E-state index contributed by atoms with van der Waals surface area (Å²) in [5.74, 6) is 2.10. The quantitative estimate of drug-likeness (QED) is 0.477. The van der Waals surface area contributed by atoms with E-state index in [0.29, 0.717) is 0 Å². The predicted molar refractivity (Wildman–Crippen MR) is 103 cm³/mol. The number of rotatable bonds is 2. The van der Waals surface area contributed by atoms with Gasteiger partial charge in [-0.25, -0.2) is 0 Å². The third-order valence-corrected chi connectivity index (χ3v) is 2.22. The molecule has 0 spiro atoms. The maximum Gasteiger partial charge on any atom is -0.0414 e. The van der Waals surface area contributed by atoms with Gasteiger partial charge < -0.3 is 0 Å². The lowest BCUT2D eigenvalue weighted by Gasteiger charge is -1.79. The minimum atomic E-state index is 1.05. The van der Waals surface area contributed by atoms with E-state index in [-0.39, 0.29) is 0 Å². The van der Waals surface area contributed by atoms with Crippen LogP contribution in [0.5, 0.6) is 0 Å². The molecular weight excluding hydrogens is 240 g/mol. The first-order chi connectivity index (χ1) is 9.55. The number of unbranched alkanes of at least 4 members (excludes halogenated alkanes) is 2. The molecule has 0 aliphatic heterocycles. The van der Waals surface area contributed by atoms with Crippen molar-refractivity contribution in [3.8, 4) is 0 Å². The van der Waals surface area contributed by atoms with Crippen molar-refractivity contribution in [2.24, 2.45) is 11.8 Å². The summed E-state index contributed by atoms with van der Waals surface area (Å²) in [5, 5.41) is 0. The third-order valence-electron chi connectivity index (χ3n) is 2.22. The second-order valence-electron chi connectivity index (χ2n) is 4.96. The molecule has 0 bridgehead atoms. The summed E-state index contributed by atoms with van der Waals surface area (Å²) in [7, 11) is 0. The van der Waals surface area contributed by atoms with E-state index in [2.05, 4.69) is 55.4 Å². The van der Waals surface area contributed by atoms with Crippen LogP contribution in [0.25, 0.3) is 0 Å². The lowest BCUT2D eigenvalue weighted by molar-refractivity contribution is 0.772. The average molecular weight is 291 g/mol. The third kappa shape index (κ3) is 81.3. The largest absolute Gasteiger partial charge is 0.0683 e. The molecule has 2 atom stereocenters. The predicted octanol–water partition coefficient (Wildman–Crippen LogP) is 8.74. The maximum atomic E-state index is 2.30. The van der Waals surface area contributed by atoms with Crippen molar-refractivity contribution in [2.75, 3.05) is 0 Å². The fraction of sp³-hybridized carbons (Fsp3) is 1.00. The Bertz CT molecular complexity index is 76.0. The molecule has 0 amide bonds. The van der Waals surface area contributed by atoms with Gasteiger partial charge in [-0.3, -0.25) is 0 Å². The lowest BCUT2D eigenvalue weighted by Crippen LogP contribution is -1.59. The zero-order chi connectivity index (χ0) is 17.4. The van der Waals surface area contributed by atoms with Gasteiger partial charge in [-0.1, -0.05) is 115 Å². The summed E-state index contributed by atoms with van der Waals surface area (Å²) in [5.41, 5.74) is 0. The smallest absolute Gasteiger partial charge is 0.0414 e. The van der Waals surface area contributed by atoms with Crippen molar-refractivity contribution in [3.63, 3.8) is 0 Å². The Balaban J connectivity index is -0.0000000473. The standard InChI is InChI=1S/C5H10.C5H12.2C3H8.2C2H6/c1-4-3-5(4)2;1-3-5-4-2;2*1-3-2;2*1-2/h4-5H,3H2,1-2H3;3-5H2,1-2H3;2*3H2,1-2H3;2*1-2H3. The van der Waals surface area contributed by atoms with Crippen LogP contribution in [0.4, 0.5) is 0 Å². The van der Waals surface area contributed by atoms with Crippen molar-refractivity contribution in [1.82, 2.24) is 0 Å². The molecule has 1 aliphatic rings. The molecule has 0 saturated heterocycles. The molecule has 1 fully saturated rings. The van der Waals surface area contributed by atoms with Gasteiger partial charge in [-0.2, -0.15) is 0 Å². The van der Waals surface area contributed by atoms with Crippen LogP contribution in [0.2, 0.25) is 0 Å². The van der Waals surface area contributed by atoms with Gasteiger partial charge >= 0.3 is 0 Å². The minimum Gasteiger partial charge on any atom is -0.0683 e. The zero-order valence-corrected chi connectivity index (χ0v) is 17.4. The highest BCUT2D eigenvalue weighted by Gasteiger charge is 2.26. The molecule has 0 heteroatoms. The molecule has 1 saturated carbocycles. The van der Waals surface area contributed by atoms with Crippen LogP contribution in [-0.2, 0) is 0 Å². The highest BCUT2D eigenvalue weighted by Crippen LogP contribution is 2.36. The second-order valence-corrected chi connectivity index (χ2v) is 4.96. The van der Waals surface area contributed by atoms with E-state index in [0.717, 1.165) is 11.8 Å². The molecule has 2 unspecified atom stereocenters. The molecule has 1 rings (SSSR count). The molecule has 0 radical (unpaired) electrons. The molecule has 0 heterocycles. The highest BCUT2D eigenvalue weighted by atomic mass is 14.3. The molecule has 0 aromatic heterocycles. The number of hydrogen-bond donors (Lipinski definition) is 0. The van der Waals surface area contributed by atoms with Crippen LogP contribution in [0.3, 0.4) is 0 Å². The van der Waals surface area contributed by atoms with Crippen molar-refractivity contribution < 1.29 is 0 Å². The molecule has 0 nitrogen and oxygen atoms in total. The Morgan fingerprint density at radius 1 is 0.600 bits per heavy atom. The van der Waals surface area contributed by atoms with Gasteiger partial charge in [0.25, 0.3) is 0 Å². The first-order valence-corrected chi connectivity index (χ1v) is 9.55. The SMILES string of the molecule is CC.CC.CC1CC1C.CCC.CCC.CCCCC. The Morgan fingerprint density at radius 2 is 0.750 bits per heavy atom. The Morgan fingerprint density at radius 3 is 0.750 bits per heavy atom. The van der Waals surface area contributed by atoms with Crippen LogP contribution < -0.4 is 0 Å². The monoisotopic (exact) mass is 290 g/mol. The van der Waals surface area contributed by atoms with E-state index in [1.165, 1.54) is 38.5 Å². The summed E-state index contributed by atoms with van der Waals surface area (Å²) in [6.07, 6.45) is 8.05. The van der Waals surface area contributed by atoms with Crippen LogP contribution in [-0.4, -0.2) is 0 Å². The van der Waals surface area contributed by atoms with E-state index in [9.17, 15) is 0 Å². The average Bonchev–Trinajstić information content (AvgIpc) is 3.11. The van der Waals surface area contributed by atoms with Crippen LogP contribution in [0.15, 0.2) is 0 Å². The van der Waals surface area contributed by atoms with Crippen molar-refractivity contribution in [2.45, 2.75) is 122 Å². The fourth-order valence-electron chi connectivity index (χ4n) is 0.861. The van der Waals surface area contributed by atoms with Crippen molar-refractivity contribution in [3.05, 3.63) is 0 Å². The summed E-state index contributed by atoms with van der Waals surface area (Å²) >= 11 is 0. The van der Waals surface area contributed by atoms with Crippen LogP contribution in [0.1, 0.15) is 122 Å². The first-order valence-electron chi connectivity index (χ1n) is 9.55. The second kappa shape index (κ2) is 42.8. The first kappa shape index (κ1) is 32.1. The summed E-state index contributed by atoms with van der Waals surface area (Å²) in [6, 6.07) is 0. The van der Waals surface area contributed by atoms with Crippen LogP contribution >= 0.6 is 0 Å². The minimum absolute atomic E-state index is 1.05.